The number of hydrogen-bond acceptors (Lipinski definition) is 5. The van der Waals surface area contributed by atoms with E-state index in [0.717, 1.165) is 0 Å². The third-order valence-corrected chi connectivity index (χ3v) is 2.52. The van der Waals surface area contributed by atoms with E-state index < -0.39 is 5.82 Å². The molecule has 7 heteroatoms. The second-order valence-electron chi connectivity index (χ2n) is 3.92. The highest BCUT2D eigenvalue weighted by molar-refractivity contribution is 5.97. The predicted molar refractivity (Wildman–Crippen MR) is 71.3 cm³/mol. The number of nitrogens with zero attached hydrogens (tertiary/aromatic N) is 1. The van der Waals surface area contributed by atoms with E-state index >= 15 is 0 Å². The quantitative estimate of drug-likeness (QED) is 0.233. The van der Waals surface area contributed by atoms with Crippen LogP contribution in [0.1, 0.15) is 11.1 Å². The van der Waals surface area contributed by atoms with E-state index in [9.17, 15) is 4.39 Å². The van der Waals surface area contributed by atoms with Crippen molar-refractivity contribution in [1.29, 1.82) is 0 Å². The molecule has 0 aliphatic rings. The fourth-order valence-corrected chi connectivity index (χ4v) is 1.49. The fourth-order valence-electron chi connectivity index (χ4n) is 1.49. The van der Waals surface area contributed by atoms with Crippen LogP contribution < -0.4 is 5.73 Å². The molecule has 0 saturated carbocycles. The van der Waals surface area contributed by atoms with E-state index in [-0.39, 0.29) is 18.0 Å². The van der Waals surface area contributed by atoms with Gasteiger partial charge in [-0.1, -0.05) is 17.3 Å². The molecular formula is C13H19FN2O4. The number of rotatable bonds is 9. The molecular weight excluding hydrogens is 267 g/mol. The number of ether oxygens (including phenoxy) is 3. The van der Waals surface area contributed by atoms with Crippen LogP contribution in [0.4, 0.5) is 4.39 Å². The summed E-state index contributed by atoms with van der Waals surface area (Å²) >= 11 is 0. The number of oxime groups is 1. The molecule has 0 heterocycles. The molecule has 0 unspecified atom stereocenters. The van der Waals surface area contributed by atoms with Crippen LogP contribution in [0.5, 0.6) is 0 Å². The molecule has 0 aliphatic heterocycles. The molecule has 0 bridgehead atoms. The van der Waals surface area contributed by atoms with Gasteiger partial charge in [-0.2, -0.15) is 0 Å². The SMILES string of the molecule is COCCOCCOCc1cccc(/C(N)=N/O)c1F. The summed E-state index contributed by atoms with van der Waals surface area (Å²) in [5.74, 6) is -0.824. The number of methoxy groups -OCH3 is 1. The lowest BCUT2D eigenvalue weighted by atomic mass is 10.1. The first-order valence-electron chi connectivity index (χ1n) is 6.10. The van der Waals surface area contributed by atoms with Gasteiger partial charge in [0.15, 0.2) is 5.84 Å². The Morgan fingerprint density at radius 1 is 1.25 bits per heavy atom. The molecule has 1 aromatic carbocycles. The van der Waals surface area contributed by atoms with Crippen molar-refractivity contribution in [2.45, 2.75) is 6.61 Å². The minimum Gasteiger partial charge on any atom is -0.409 e. The highest BCUT2D eigenvalue weighted by atomic mass is 19.1. The Balaban J connectivity index is 2.41. The Kier molecular flexibility index (Phi) is 7.56. The lowest BCUT2D eigenvalue weighted by Crippen LogP contribution is -2.16. The maximum atomic E-state index is 14.0. The second-order valence-corrected chi connectivity index (χ2v) is 3.92. The van der Waals surface area contributed by atoms with Crippen LogP contribution in [0.15, 0.2) is 23.4 Å². The van der Waals surface area contributed by atoms with Crippen LogP contribution >= 0.6 is 0 Å². The fraction of sp³-hybridized carbons (Fsp3) is 0.462. The van der Waals surface area contributed by atoms with Crippen molar-refractivity contribution >= 4 is 5.84 Å². The molecule has 6 nitrogen and oxygen atoms in total. The van der Waals surface area contributed by atoms with Crippen LogP contribution in [0.25, 0.3) is 0 Å². The second kappa shape index (κ2) is 9.24. The van der Waals surface area contributed by atoms with E-state index in [0.29, 0.717) is 32.0 Å². The molecule has 0 fully saturated rings. The first kappa shape index (κ1) is 16.4. The maximum Gasteiger partial charge on any atom is 0.173 e. The summed E-state index contributed by atoms with van der Waals surface area (Å²) in [6.45, 7) is 1.86. The molecule has 0 aliphatic carbocycles. The summed E-state index contributed by atoms with van der Waals surface area (Å²) in [6, 6.07) is 4.63. The topological polar surface area (TPSA) is 86.3 Å². The number of nitrogens with two attached hydrogens (primary N) is 1. The highest BCUT2D eigenvalue weighted by Gasteiger charge is 2.11. The Morgan fingerprint density at radius 3 is 2.65 bits per heavy atom. The highest BCUT2D eigenvalue weighted by Crippen LogP contribution is 2.13. The van der Waals surface area contributed by atoms with Gasteiger partial charge in [-0.15, -0.1) is 0 Å². The van der Waals surface area contributed by atoms with Crippen molar-refractivity contribution in [1.82, 2.24) is 0 Å². The molecule has 0 atom stereocenters. The molecule has 3 N–H and O–H groups in total. The molecule has 0 amide bonds. The van der Waals surface area contributed by atoms with Gasteiger partial charge in [0.2, 0.25) is 0 Å². The van der Waals surface area contributed by atoms with Crippen molar-refractivity contribution in [3.8, 4) is 0 Å². The molecule has 1 aromatic rings. The van der Waals surface area contributed by atoms with E-state index in [2.05, 4.69) is 5.16 Å². The molecule has 112 valence electrons. The van der Waals surface area contributed by atoms with E-state index in [4.69, 9.17) is 25.2 Å². The van der Waals surface area contributed by atoms with Crippen molar-refractivity contribution in [3.63, 3.8) is 0 Å². The zero-order chi connectivity index (χ0) is 14.8. The minimum atomic E-state index is -0.553. The van der Waals surface area contributed by atoms with Gasteiger partial charge in [-0.25, -0.2) is 4.39 Å². The Morgan fingerprint density at radius 2 is 1.95 bits per heavy atom. The summed E-state index contributed by atoms with van der Waals surface area (Å²) in [4.78, 5) is 0. The summed E-state index contributed by atoms with van der Waals surface area (Å²) in [5, 5.41) is 11.3. The van der Waals surface area contributed by atoms with Gasteiger partial charge in [0.25, 0.3) is 0 Å². The van der Waals surface area contributed by atoms with Crippen LogP contribution in [-0.4, -0.2) is 44.6 Å². The summed E-state index contributed by atoms with van der Waals surface area (Å²) in [5.41, 5.74) is 5.76. The normalized spacial score (nSPS) is 11.8. The molecule has 0 spiro atoms. The van der Waals surface area contributed by atoms with Gasteiger partial charge in [-0.05, 0) is 6.07 Å². The van der Waals surface area contributed by atoms with Crippen LogP contribution in [0.2, 0.25) is 0 Å². The van der Waals surface area contributed by atoms with Gasteiger partial charge in [0, 0.05) is 12.7 Å². The maximum absolute atomic E-state index is 14.0. The lowest BCUT2D eigenvalue weighted by Gasteiger charge is -2.08. The molecule has 20 heavy (non-hydrogen) atoms. The van der Waals surface area contributed by atoms with Gasteiger partial charge < -0.3 is 25.2 Å². The number of benzene rings is 1. The zero-order valence-corrected chi connectivity index (χ0v) is 11.3. The van der Waals surface area contributed by atoms with Crippen molar-refractivity contribution in [2.24, 2.45) is 10.9 Å². The average Bonchev–Trinajstić information content (AvgIpc) is 2.47. The Labute approximate surface area is 116 Å². The van der Waals surface area contributed by atoms with Crippen LogP contribution in [0.3, 0.4) is 0 Å². The summed E-state index contributed by atoms with van der Waals surface area (Å²) < 4.78 is 29.3. The lowest BCUT2D eigenvalue weighted by molar-refractivity contribution is 0.0194. The van der Waals surface area contributed by atoms with Crippen molar-refractivity contribution in [3.05, 3.63) is 35.1 Å². The van der Waals surface area contributed by atoms with Gasteiger partial charge in [0.1, 0.15) is 5.82 Å². The van der Waals surface area contributed by atoms with E-state index in [1.165, 1.54) is 6.07 Å². The Bertz CT molecular complexity index is 440. The van der Waals surface area contributed by atoms with Crippen molar-refractivity contribution in [2.75, 3.05) is 33.5 Å². The minimum absolute atomic E-state index is 0.0462. The number of amidine groups is 1. The Hall–Kier alpha value is -1.70. The molecule has 0 aromatic heterocycles. The third kappa shape index (κ3) is 5.12. The largest absolute Gasteiger partial charge is 0.409 e. The molecule has 0 saturated heterocycles. The van der Waals surface area contributed by atoms with Crippen LogP contribution in [0, 0.1) is 5.82 Å². The zero-order valence-electron chi connectivity index (χ0n) is 11.3. The number of hydrogen-bond donors (Lipinski definition) is 2. The first-order valence-corrected chi connectivity index (χ1v) is 6.10. The number of halogens is 1. The molecule has 0 radical (unpaired) electrons. The molecule has 1 rings (SSSR count). The first-order chi connectivity index (χ1) is 9.70. The van der Waals surface area contributed by atoms with Gasteiger partial charge >= 0.3 is 0 Å². The summed E-state index contributed by atoms with van der Waals surface area (Å²) in [7, 11) is 1.59. The average molecular weight is 286 g/mol. The van der Waals surface area contributed by atoms with E-state index in [1.807, 2.05) is 0 Å². The van der Waals surface area contributed by atoms with Crippen LogP contribution in [-0.2, 0) is 20.8 Å². The third-order valence-electron chi connectivity index (χ3n) is 2.52. The van der Waals surface area contributed by atoms with Gasteiger partial charge in [-0.3, -0.25) is 0 Å². The predicted octanol–water partition coefficient (Wildman–Crippen LogP) is 1.10. The van der Waals surface area contributed by atoms with Crippen molar-refractivity contribution < 1.29 is 23.8 Å². The van der Waals surface area contributed by atoms with Gasteiger partial charge in [0.05, 0.1) is 38.6 Å². The standard InChI is InChI=1S/C13H19FN2O4/c1-18-5-6-19-7-8-20-9-10-3-2-4-11(12(10)14)13(15)16-17/h2-4,17H,5-9H2,1H3,(H2,15,16). The van der Waals surface area contributed by atoms with E-state index in [1.54, 1.807) is 19.2 Å². The monoisotopic (exact) mass is 286 g/mol. The summed E-state index contributed by atoms with van der Waals surface area (Å²) in [6.07, 6.45) is 0. The smallest absolute Gasteiger partial charge is 0.173 e.